The topological polar surface area (TPSA) is 9.86 Å². The summed E-state index contributed by atoms with van der Waals surface area (Å²) in [6.07, 6.45) is 0. The molecule has 104 heavy (non-hydrogen) atoms. The molecule has 0 fully saturated rings. The molecule has 0 saturated carbocycles. The molecule has 2 aromatic heterocycles. The van der Waals surface area contributed by atoms with Gasteiger partial charge >= 0.3 is 0 Å². The van der Waals surface area contributed by atoms with Crippen LogP contribution in [0, 0.1) is 0 Å². The molecule has 2 heterocycles. The highest BCUT2D eigenvalue weighted by molar-refractivity contribution is 6.23. The molecule has 19 aromatic rings. The van der Waals surface area contributed by atoms with E-state index in [1.54, 1.807) is 0 Å². The number of hydrogen-bond acceptors (Lipinski definition) is 0. The van der Waals surface area contributed by atoms with Crippen LogP contribution in [-0.2, 0) is 11.1 Å². The van der Waals surface area contributed by atoms with Crippen LogP contribution in [0.15, 0.2) is 364 Å². The van der Waals surface area contributed by atoms with Gasteiger partial charge in [0, 0.05) is 54.7 Å². The van der Waals surface area contributed by atoms with Crippen LogP contribution in [0.4, 0.5) is 0 Å². The number of hydrogen-bond donors (Lipinski definition) is 0. The smallest absolute Gasteiger partial charge is 0.0496 e. The first-order valence-electron chi connectivity index (χ1n) is 36.5. The van der Waals surface area contributed by atoms with E-state index in [9.17, 15) is 0 Å². The summed E-state index contributed by atoms with van der Waals surface area (Å²) in [4.78, 5) is 0. The highest BCUT2D eigenvalue weighted by Gasteiger charge is 2.24. The predicted molar refractivity (Wildman–Crippen MR) is 448 cm³/mol. The molecule has 0 unspecified atom stereocenters. The van der Waals surface area contributed by atoms with Crippen LogP contribution in [0.25, 0.3) is 187 Å². The first kappa shape index (κ1) is 63.5. The molecule has 0 amide bonds. The highest BCUT2D eigenvalue weighted by Crippen LogP contribution is 2.48. The Balaban J connectivity index is 0.000000149. The van der Waals surface area contributed by atoms with Gasteiger partial charge < -0.3 is 9.13 Å². The fourth-order valence-corrected chi connectivity index (χ4v) is 16.7. The number of benzene rings is 17. The second-order valence-electron chi connectivity index (χ2n) is 29.8. The largest absolute Gasteiger partial charge is 0.335 e. The molecular formula is C102H78N2. The standard InChI is InChI=1S/C54H41N.C48H37N/c1-54(2,3)55-50-20-12-11-15-44(50)49-35-43(33-34-51(49)55)40-27-31-42(32-28-40)53-47-18-9-7-16-45(47)52(46-17-8-10-19-48(46)53)41-29-25-39(26-30-41)38-23-21-37(22-24-38)36-13-5-4-6-14-36;1-48(2,3)49-44-20-12-11-15-38(44)43-31-37(29-30-45(43)49)34-23-27-36(28-24-34)47-41-18-9-7-16-39(41)46(40-17-8-10-19-42(40)47)35-25-21-33(22-26-35)32-13-5-4-6-14-32/h4-35H,1-3H3;4-31H,1-3H3. The highest BCUT2D eigenvalue weighted by atomic mass is 15.1. The Hall–Kier alpha value is -12.6. The third-order valence-electron chi connectivity index (χ3n) is 21.3. The summed E-state index contributed by atoms with van der Waals surface area (Å²) in [6.45, 7) is 13.7. The van der Waals surface area contributed by atoms with Gasteiger partial charge in [-0.3, -0.25) is 0 Å². The van der Waals surface area contributed by atoms with E-state index in [-0.39, 0.29) is 11.1 Å². The minimum atomic E-state index is -0.0229. The first-order chi connectivity index (χ1) is 50.9. The van der Waals surface area contributed by atoms with Crippen molar-refractivity contribution < 1.29 is 0 Å². The fraction of sp³-hybridized carbons (Fsp3) is 0.0784. The van der Waals surface area contributed by atoms with Crippen molar-refractivity contribution in [2.75, 3.05) is 0 Å². The van der Waals surface area contributed by atoms with Gasteiger partial charge in [0.2, 0.25) is 0 Å². The van der Waals surface area contributed by atoms with Gasteiger partial charge in [0.25, 0.3) is 0 Å². The quantitative estimate of drug-likeness (QED) is 0.128. The molecule has 0 spiro atoms. The van der Waals surface area contributed by atoms with E-state index in [1.807, 2.05) is 0 Å². The lowest BCUT2D eigenvalue weighted by molar-refractivity contribution is 0.423. The van der Waals surface area contributed by atoms with Crippen molar-refractivity contribution in [3.63, 3.8) is 0 Å². The predicted octanol–water partition coefficient (Wildman–Crippen LogP) is 28.7. The van der Waals surface area contributed by atoms with E-state index in [0.717, 1.165) is 0 Å². The van der Waals surface area contributed by atoms with Crippen LogP contribution in [0.5, 0.6) is 0 Å². The zero-order valence-corrected chi connectivity index (χ0v) is 59.5. The van der Waals surface area contributed by atoms with Crippen LogP contribution in [0.2, 0.25) is 0 Å². The Morgan fingerprint density at radius 2 is 0.317 bits per heavy atom. The summed E-state index contributed by atoms with van der Waals surface area (Å²) in [7, 11) is 0. The second-order valence-corrected chi connectivity index (χ2v) is 29.8. The minimum absolute atomic E-state index is 0.0166. The van der Waals surface area contributed by atoms with Gasteiger partial charge in [0.05, 0.1) is 0 Å². The van der Waals surface area contributed by atoms with Gasteiger partial charge in [0.15, 0.2) is 0 Å². The van der Waals surface area contributed by atoms with Crippen LogP contribution in [0.1, 0.15) is 41.5 Å². The molecule has 0 radical (unpaired) electrons. The Morgan fingerprint density at radius 3 is 0.558 bits per heavy atom. The van der Waals surface area contributed by atoms with Crippen LogP contribution in [-0.4, -0.2) is 9.13 Å². The molecule has 2 nitrogen and oxygen atoms in total. The van der Waals surface area contributed by atoms with Gasteiger partial charge in [-0.05, 0) is 221 Å². The lowest BCUT2D eigenvalue weighted by Crippen LogP contribution is -2.21. The van der Waals surface area contributed by atoms with Crippen molar-refractivity contribution >= 4 is 86.7 Å². The Bertz CT molecular complexity index is 6340. The maximum Gasteiger partial charge on any atom is 0.0496 e. The van der Waals surface area contributed by atoms with Crippen LogP contribution < -0.4 is 0 Å². The molecule has 0 N–H and O–H groups in total. The normalized spacial score (nSPS) is 11.9. The number of para-hydroxylation sites is 2. The molecular weight excluding hydrogens is 1250 g/mol. The van der Waals surface area contributed by atoms with Crippen molar-refractivity contribution in [2.45, 2.75) is 52.6 Å². The maximum absolute atomic E-state index is 2.48. The molecule has 496 valence electrons. The summed E-state index contributed by atoms with van der Waals surface area (Å²) >= 11 is 0. The number of fused-ring (bicyclic) bond motifs is 10. The Morgan fingerprint density at radius 1 is 0.144 bits per heavy atom. The maximum atomic E-state index is 2.48. The zero-order valence-electron chi connectivity index (χ0n) is 59.5. The van der Waals surface area contributed by atoms with Crippen molar-refractivity contribution in [2.24, 2.45) is 0 Å². The molecule has 0 aliphatic carbocycles. The van der Waals surface area contributed by atoms with Gasteiger partial charge in [-0.1, -0.05) is 328 Å². The Kier molecular flexibility index (Phi) is 15.7. The molecule has 0 atom stereocenters. The summed E-state index contributed by atoms with van der Waals surface area (Å²) in [5.74, 6) is 0. The van der Waals surface area contributed by atoms with Crippen molar-refractivity contribution in [3.8, 4) is 100 Å². The average Bonchev–Trinajstić information content (AvgIpc) is 0.916. The van der Waals surface area contributed by atoms with Crippen molar-refractivity contribution in [1.29, 1.82) is 0 Å². The van der Waals surface area contributed by atoms with E-state index in [4.69, 9.17) is 0 Å². The third-order valence-corrected chi connectivity index (χ3v) is 21.3. The van der Waals surface area contributed by atoms with Crippen molar-refractivity contribution in [1.82, 2.24) is 9.13 Å². The van der Waals surface area contributed by atoms with Gasteiger partial charge in [0.1, 0.15) is 0 Å². The summed E-state index contributed by atoms with van der Waals surface area (Å²) in [6, 6.07) is 134. The van der Waals surface area contributed by atoms with Gasteiger partial charge in [-0.15, -0.1) is 0 Å². The minimum Gasteiger partial charge on any atom is -0.335 e. The molecule has 0 bridgehead atoms. The van der Waals surface area contributed by atoms with Crippen LogP contribution >= 0.6 is 0 Å². The second kappa shape index (κ2) is 25.8. The molecule has 0 aliphatic rings. The molecule has 17 aromatic carbocycles. The molecule has 19 rings (SSSR count). The van der Waals surface area contributed by atoms with E-state index in [2.05, 4.69) is 415 Å². The Labute approximate surface area is 608 Å². The fourth-order valence-electron chi connectivity index (χ4n) is 16.7. The molecule has 2 heteroatoms. The van der Waals surface area contributed by atoms with E-state index in [1.165, 1.54) is 187 Å². The average molecular weight is 1330 g/mol. The van der Waals surface area contributed by atoms with Gasteiger partial charge in [-0.2, -0.15) is 0 Å². The number of nitrogens with zero attached hydrogens (tertiary/aromatic N) is 2. The third kappa shape index (κ3) is 11.2. The van der Waals surface area contributed by atoms with E-state index >= 15 is 0 Å². The summed E-state index contributed by atoms with van der Waals surface area (Å²) in [5, 5.41) is 15.4. The summed E-state index contributed by atoms with van der Waals surface area (Å²) < 4.78 is 4.95. The monoisotopic (exact) mass is 1330 g/mol. The zero-order chi connectivity index (χ0) is 70.2. The van der Waals surface area contributed by atoms with E-state index < -0.39 is 0 Å². The number of aromatic nitrogens is 2. The first-order valence-corrected chi connectivity index (χ1v) is 36.5. The van der Waals surface area contributed by atoms with Crippen molar-refractivity contribution in [3.05, 3.63) is 364 Å². The SMILES string of the molecule is CC(C)(C)n1c2ccccc2c2cc(-c3ccc(-c4c5ccccc5c(-c5ccc(-c6ccc(-c7ccccc7)cc6)cc5)c5ccccc45)cc3)ccc21.CC(C)(C)n1c2ccccc2c2cc(-c3ccc(-c4c5ccccc5c(-c5ccc(-c6ccccc6)cc5)c5ccccc45)cc3)ccc21. The lowest BCUT2D eigenvalue weighted by Gasteiger charge is -2.24. The molecule has 0 saturated heterocycles. The van der Waals surface area contributed by atoms with Gasteiger partial charge in [-0.25, -0.2) is 0 Å². The lowest BCUT2D eigenvalue weighted by atomic mass is 9.85. The molecule has 0 aliphatic heterocycles. The van der Waals surface area contributed by atoms with E-state index in [0.29, 0.717) is 0 Å². The van der Waals surface area contributed by atoms with Crippen LogP contribution in [0.3, 0.4) is 0 Å². The summed E-state index contributed by atoms with van der Waals surface area (Å²) in [5.41, 5.74) is 27.4. The number of rotatable bonds is 9.